The number of hydrogen-bond acceptors (Lipinski definition) is 3. The Morgan fingerprint density at radius 2 is 2.05 bits per heavy atom. The first kappa shape index (κ1) is 13.4. The van der Waals surface area contributed by atoms with Gasteiger partial charge in [0.15, 0.2) is 0 Å². The molecular formula is C14H17NO4. The van der Waals surface area contributed by atoms with E-state index in [-0.39, 0.29) is 5.91 Å². The quantitative estimate of drug-likeness (QED) is 0.870. The number of hydrogen-bond donors (Lipinski definition) is 2. The van der Waals surface area contributed by atoms with Crippen LogP contribution in [0.4, 0.5) is 5.69 Å². The van der Waals surface area contributed by atoms with Crippen LogP contribution in [0, 0.1) is 11.8 Å². The van der Waals surface area contributed by atoms with E-state index in [0.29, 0.717) is 12.3 Å². The molecule has 1 aromatic carbocycles. The predicted octanol–water partition coefficient (Wildman–Crippen LogP) is 1.92. The Balaban J connectivity index is 2.05. The van der Waals surface area contributed by atoms with Gasteiger partial charge in [-0.25, -0.2) is 0 Å². The third-order valence-electron chi connectivity index (χ3n) is 3.51. The van der Waals surface area contributed by atoms with Crippen LogP contribution in [-0.4, -0.2) is 23.6 Å². The number of carboxylic acid groups (broad SMARTS) is 1. The second kappa shape index (κ2) is 5.30. The number of anilines is 1. The summed E-state index contributed by atoms with van der Waals surface area (Å²) in [6, 6.07) is 5.46. The topological polar surface area (TPSA) is 75.6 Å². The normalized spacial score (nSPS) is 16.1. The average molecular weight is 263 g/mol. The third kappa shape index (κ3) is 2.86. The highest BCUT2D eigenvalue weighted by Crippen LogP contribution is 2.28. The maximum atomic E-state index is 12.0. The molecule has 0 aliphatic carbocycles. The zero-order valence-corrected chi connectivity index (χ0v) is 11.0. The van der Waals surface area contributed by atoms with Crippen LogP contribution in [0.15, 0.2) is 18.2 Å². The van der Waals surface area contributed by atoms with E-state index < -0.39 is 17.8 Å². The van der Waals surface area contributed by atoms with E-state index in [9.17, 15) is 9.59 Å². The van der Waals surface area contributed by atoms with Gasteiger partial charge in [-0.3, -0.25) is 9.59 Å². The van der Waals surface area contributed by atoms with Gasteiger partial charge in [0, 0.05) is 18.0 Å². The Labute approximate surface area is 111 Å². The Hall–Kier alpha value is -2.04. The molecule has 2 unspecified atom stereocenters. The molecule has 19 heavy (non-hydrogen) atoms. The fraction of sp³-hybridized carbons (Fsp3) is 0.429. The molecule has 102 valence electrons. The molecule has 1 heterocycles. The fourth-order valence-electron chi connectivity index (χ4n) is 1.96. The van der Waals surface area contributed by atoms with Crippen LogP contribution in [0.3, 0.4) is 0 Å². The molecule has 0 bridgehead atoms. The lowest BCUT2D eigenvalue weighted by molar-refractivity contribution is -0.145. The molecule has 2 atom stereocenters. The predicted molar refractivity (Wildman–Crippen MR) is 70.2 cm³/mol. The lowest BCUT2D eigenvalue weighted by atomic mass is 9.95. The largest absolute Gasteiger partial charge is 0.493 e. The van der Waals surface area contributed by atoms with Gasteiger partial charge in [-0.15, -0.1) is 0 Å². The first-order chi connectivity index (χ1) is 8.99. The van der Waals surface area contributed by atoms with Crippen molar-refractivity contribution in [1.29, 1.82) is 0 Å². The Kier molecular flexibility index (Phi) is 3.74. The van der Waals surface area contributed by atoms with Crippen LogP contribution in [-0.2, 0) is 16.0 Å². The Morgan fingerprint density at radius 1 is 1.32 bits per heavy atom. The molecule has 5 heteroatoms. The average Bonchev–Trinajstić information content (AvgIpc) is 2.84. The van der Waals surface area contributed by atoms with E-state index in [1.807, 2.05) is 12.1 Å². The minimum Gasteiger partial charge on any atom is -0.493 e. The van der Waals surface area contributed by atoms with Crippen molar-refractivity contribution in [1.82, 2.24) is 0 Å². The Bertz CT molecular complexity index is 512. The van der Waals surface area contributed by atoms with Gasteiger partial charge in [0.05, 0.1) is 12.5 Å². The van der Waals surface area contributed by atoms with Crippen LogP contribution in [0.25, 0.3) is 0 Å². The monoisotopic (exact) mass is 263 g/mol. The van der Waals surface area contributed by atoms with Gasteiger partial charge in [0.1, 0.15) is 5.75 Å². The highest BCUT2D eigenvalue weighted by Gasteiger charge is 2.26. The number of aliphatic carboxylic acids is 1. The van der Waals surface area contributed by atoms with E-state index in [1.165, 1.54) is 6.92 Å². The number of carbonyl (C=O) groups excluding carboxylic acids is 1. The standard InChI is InChI=1S/C14H17NO4/c1-8(9(2)14(17)18)13(16)15-11-3-4-12-10(7-11)5-6-19-12/h3-4,7-9H,5-6H2,1-2H3,(H,15,16)(H,17,18). The lowest BCUT2D eigenvalue weighted by Gasteiger charge is -2.16. The molecule has 0 saturated heterocycles. The number of carbonyl (C=O) groups is 2. The van der Waals surface area contributed by atoms with E-state index in [1.54, 1.807) is 13.0 Å². The summed E-state index contributed by atoms with van der Waals surface area (Å²) in [6.45, 7) is 3.81. The van der Waals surface area contributed by atoms with Crippen LogP contribution in [0.2, 0.25) is 0 Å². The van der Waals surface area contributed by atoms with Gasteiger partial charge < -0.3 is 15.2 Å². The van der Waals surface area contributed by atoms with Gasteiger partial charge in [0.2, 0.25) is 5.91 Å². The van der Waals surface area contributed by atoms with Gasteiger partial charge in [-0.1, -0.05) is 13.8 Å². The van der Waals surface area contributed by atoms with Crippen LogP contribution in [0.5, 0.6) is 5.75 Å². The number of ether oxygens (including phenoxy) is 1. The van der Waals surface area contributed by atoms with Crippen molar-refractivity contribution >= 4 is 17.6 Å². The van der Waals surface area contributed by atoms with Gasteiger partial charge in [-0.05, 0) is 23.8 Å². The summed E-state index contributed by atoms with van der Waals surface area (Å²) in [5.41, 5.74) is 1.75. The summed E-state index contributed by atoms with van der Waals surface area (Å²) in [5, 5.41) is 11.6. The zero-order chi connectivity index (χ0) is 14.0. The third-order valence-corrected chi connectivity index (χ3v) is 3.51. The van der Waals surface area contributed by atoms with Gasteiger partial charge >= 0.3 is 5.97 Å². The molecule has 0 radical (unpaired) electrons. The summed E-state index contributed by atoms with van der Waals surface area (Å²) >= 11 is 0. The number of benzene rings is 1. The minimum atomic E-state index is -0.968. The number of nitrogens with one attached hydrogen (secondary N) is 1. The summed E-state index contributed by atoms with van der Waals surface area (Å²) in [6.07, 6.45) is 0.833. The second-order valence-electron chi connectivity index (χ2n) is 4.83. The van der Waals surface area contributed by atoms with E-state index in [4.69, 9.17) is 9.84 Å². The SMILES string of the molecule is CC(C(=O)O)C(C)C(=O)Nc1ccc2c(c1)CCO2. The summed E-state index contributed by atoms with van der Waals surface area (Å²) in [7, 11) is 0. The van der Waals surface area contributed by atoms with E-state index in [2.05, 4.69) is 5.32 Å². The summed E-state index contributed by atoms with van der Waals surface area (Å²) in [4.78, 5) is 22.8. The molecule has 0 spiro atoms. The molecule has 0 fully saturated rings. The van der Waals surface area contributed by atoms with Crippen molar-refractivity contribution in [2.24, 2.45) is 11.8 Å². The second-order valence-corrected chi connectivity index (χ2v) is 4.83. The highest BCUT2D eigenvalue weighted by molar-refractivity contribution is 5.94. The number of fused-ring (bicyclic) bond motifs is 1. The molecule has 5 nitrogen and oxygen atoms in total. The van der Waals surface area contributed by atoms with Crippen molar-refractivity contribution in [2.45, 2.75) is 20.3 Å². The molecule has 1 aliphatic heterocycles. The molecule has 0 aromatic heterocycles. The summed E-state index contributed by atoms with van der Waals surface area (Å²) < 4.78 is 5.39. The fourth-order valence-corrected chi connectivity index (χ4v) is 1.96. The van der Waals surface area contributed by atoms with E-state index in [0.717, 1.165) is 17.7 Å². The number of amides is 1. The molecule has 0 saturated carbocycles. The molecule has 1 aromatic rings. The van der Waals surface area contributed by atoms with Crippen LogP contribution in [0.1, 0.15) is 19.4 Å². The van der Waals surface area contributed by atoms with Gasteiger partial charge in [0.25, 0.3) is 0 Å². The molecule has 1 amide bonds. The maximum Gasteiger partial charge on any atom is 0.307 e. The first-order valence-corrected chi connectivity index (χ1v) is 6.28. The van der Waals surface area contributed by atoms with Crippen LogP contribution < -0.4 is 10.1 Å². The first-order valence-electron chi connectivity index (χ1n) is 6.28. The molecule has 1 aliphatic rings. The lowest BCUT2D eigenvalue weighted by Crippen LogP contribution is -2.29. The maximum absolute atomic E-state index is 12.0. The van der Waals surface area contributed by atoms with Crippen molar-refractivity contribution in [2.75, 3.05) is 11.9 Å². The highest BCUT2D eigenvalue weighted by atomic mass is 16.5. The van der Waals surface area contributed by atoms with Crippen molar-refractivity contribution < 1.29 is 19.4 Å². The van der Waals surface area contributed by atoms with Crippen LogP contribution >= 0.6 is 0 Å². The Morgan fingerprint density at radius 3 is 2.74 bits per heavy atom. The molecular weight excluding hydrogens is 246 g/mol. The van der Waals surface area contributed by atoms with Crippen molar-refractivity contribution in [3.63, 3.8) is 0 Å². The molecule has 2 rings (SSSR count). The van der Waals surface area contributed by atoms with Crippen molar-refractivity contribution in [3.8, 4) is 5.75 Å². The molecule has 2 N–H and O–H groups in total. The zero-order valence-electron chi connectivity index (χ0n) is 11.0. The smallest absolute Gasteiger partial charge is 0.307 e. The van der Waals surface area contributed by atoms with Gasteiger partial charge in [-0.2, -0.15) is 0 Å². The summed E-state index contributed by atoms with van der Waals surface area (Å²) in [5.74, 6) is -1.69. The van der Waals surface area contributed by atoms with Crippen molar-refractivity contribution in [3.05, 3.63) is 23.8 Å². The van der Waals surface area contributed by atoms with E-state index >= 15 is 0 Å². The number of rotatable bonds is 4. The number of carboxylic acids is 1. The minimum absolute atomic E-state index is 0.284.